The average molecular weight is 316 g/mol. The van der Waals surface area contributed by atoms with Gasteiger partial charge in [0.25, 0.3) is 5.69 Å². The van der Waals surface area contributed by atoms with Crippen LogP contribution in [0.5, 0.6) is 0 Å². The first-order valence-electron chi connectivity index (χ1n) is 7.11. The van der Waals surface area contributed by atoms with Crippen molar-refractivity contribution < 1.29 is 9.31 Å². The lowest BCUT2D eigenvalue weighted by Crippen LogP contribution is -2.35. The third-order valence-electron chi connectivity index (χ3n) is 3.97. The molecule has 1 aromatic carbocycles. The summed E-state index contributed by atoms with van der Waals surface area (Å²) in [6.07, 6.45) is 2.12. The van der Waals surface area contributed by atoms with Gasteiger partial charge in [0, 0.05) is 6.54 Å². The van der Waals surface area contributed by atoms with Crippen LogP contribution < -0.4 is 5.32 Å². The highest BCUT2D eigenvalue weighted by Crippen LogP contribution is 2.31. The standard InChI is InChI=1S/C14H19ClFN3O2/c1-2-18-5-3-10(4-6-18)9-17-13-7-11(15)12(16)8-14(13)19(20)21/h7-8,10,17H,2-6,9H2,1H3. The van der Waals surface area contributed by atoms with Crippen LogP contribution in [0.4, 0.5) is 15.8 Å². The molecule has 0 bridgehead atoms. The second-order valence-corrected chi connectivity index (χ2v) is 5.71. The predicted octanol–water partition coefficient (Wildman–Crippen LogP) is 3.53. The van der Waals surface area contributed by atoms with Crippen LogP contribution in [-0.4, -0.2) is 36.0 Å². The number of rotatable bonds is 5. The number of nitrogens with one attached hydrogen (secondary N) is 1. The molecule has 1 fully saturated rings. The number of nitro groups is 1. The number of piperidine rings is 1. The maximum absolute atomic E-state index is 13.3. The Morgan fingerprint density at radius 1 is 1.48 bits per heavy atom. The first-order chi connectivity index (χ1) is 10.0. The summed E-state index contributed by atoms with van der Waals surface area (Å²) in [6.45, 7) is 5.94. The van der Waals surface area contributed by atoms with Gasteiger partial charge in [-0.05, 0) is 44.5 Å². The van der Waals surface area contributed by atoms with Crippen LogP contribution in [0, 0.1) is 21.8 Å². The van der Waals surface area contributed by atoms with Crippen molar-refractivity contribution in [2.75, 3.05) is 31.5 Å². The lowest BCUT2D eigenvalue weighted by molar-refractivity contribution is -0.384. The molecule has 5 nitrogen and oxygen atoms in total. The highest BCUT2D eigenvalue weighted by atomic mass is 35.5. The zero-order chi connectivity index (χ0) is 15.4. The minimum atomic E-state index is -0.773. The monoisotopic (exact) mass is 315 g/mol. The van der Waals surface area contributed by atoms with E-state index in [4.69, 9.17) is 11.6 Å². The molecule has 1 aliphatic heterocycles. The van der Waals surface area contributed by atoms with Gasteiger partial charge in [0.15, 0.2) is 0 Å². The van der Waals surface area contributed by atoms with Crippen molar-refractivity contribution in [3.8, 4) is 0 Å². The van der Waals surface area contributed by atoms with Crippen molar-refractivity contribution in [2.45, 2.75) is 19.8 Å². The van der Waals surface area contributed by atoms with E-state index < -0.39 is 10.7 Å². The maximum atomic E-state index is 13.3. The van der Waals surface area contributed by atoms with Crippen LogP contribution in [0.3, 0.4) is 0 Å². The van der Waals surface area contributed by atoms with E-state index in [0.717, 1.165) is 38.5 Å². The van der Waals surface area contributed by atoms with E-state index in [1.54, 1.807) is 0 Å². The number of nitrogens with zero attached hydrogens (tertiary/aromatic N) is 2. The van der Waals surface area contributed by atoms with Gasteiger partial charge < -0.3 is 10.2 Å². The van der Waals surface area contributed by atoms with Crippen molar-refractivity contribution in [3.63, 3.8) is 0 Å². The smallest absolute Gasteiger partial charge is 0.295 e. The van der Waals surface area contributed by atoms with Crippen molar-refractivity contribution in [3.05, 3.63) is 33.1 Å². The van der Waals surface area contributed by atoms with E-state index in [1.807, 2.05) is 0 Å². The average Bonchev–Trinajstić information content (AvgIpc) is 2.48. The Morgan fingerprint density at radius 2 is 2.14 bits per heavy atom. The Bertz CT molecular complexity index is 519. The summed E-state index contributed by atoms with van der Waals surface area (Å²) in [5.74, 6) is -0.304. The maximum Gasteiger partial charge on any atom is 0.295 e. The Hall–Kier alpha value is -1.40. The van der Waals surface area contributed by atoms with E-state index in [2.05, 4.69) is 17.1 Å². The van der Waals surface area contributed by atoms with E-state index in [-0.39, 0.29) is 16.4 Å². The minimum Gasteiger partial charge on any atom is -0.379 e. The van der Waals surface area contributed by atoms with Crippen LogP contribution in [0.15, 0.2) is 12.1 Å². The van der Waals surface area contributed by atoms with Gasteiger partial charge in [-0.25, -0.2) is 4.39 Å². The molecule has 1 heterocycles. The Labute approximate surface area is 128 Å². The number of nitro benzene ring substituents is 1. The van der Waals surface area contributed by atoms with Crippen molar-refractivity contribution in [1.82, 2.24) is 4.90 Å². The van der Waals surface area contributed by atoms with Crippen LogP contribution in [-0.2, 0) is 0 Å². The molecular formula is C14H19ClFN3O2. The van der Waals surface area contributed by atoms with Gasteiger partial charge >= 0.3 is 0 Å². The minimum absolute atomic E-state index is 0.107. The third kappa shape index (κ3) is 4.04. The number of hydrogen-bond donors (Lipinski definition) is 1. The first-order valence-corrected chi connectivity index (χ1v) is 7.48. The largest absolute Gasteiger partial charge is 0.379 e. The molecule has 1 saturated heterocycles. The molecule has 1 aromatic rings. The van der Waals surface area contributed by atoms with Crippen LogP contribution >= 0.6 is 11.6 Å². The topological polar surface area (TPSA) is 58.4 Å². The van der Waals surface area contributed by atoms with Crippen molar-refractivity contribution >= 4 is 23.0 Å². The third-order valence-corrected chi connectivity index (χ3v) is 4.26. The fourth-order valence-electron chi connectivity index (χ4n) is 2.59. The molecule has 1 N–H and O–H groups in total. The fraction of sp³-hybridized carbons (Fsp3) is 0.571. The Kier molecular flexibility index (Phi) is 5.36. The molecule has 7 heteroatoms. The molecule has 21 heavy (non-hydrogen) atoms. The first kappa shape index (κ1) is 16.0. The normalized spacial score (nSPS) is 16.9. The van der Waals surface area contributed by atoms with Gasteiger partial charge in [-0.2, -0.15) is 0 Å². The van der Waals surface area contributed by atoms with E-state index in [9.17, 15) is 14.5 Å². The second-order valence-electron chi connectivity index (χ2n) is 5.30. The van der Waals surface area contributed by atoms with E-state index in [1.165, 1.54) is 6.07 Å². The molecule has 1 aliphatic rings. The summed E-state index contributed by atoms with van der Waals surface area (Å²) in [5.41, 5.74) is 0.00668. The summed E-state index contributed by atoms with van der Waals surface area (Å²) in [4.78, 5) is 12.8. The Balaban J connectivity index is 2.00. The van der Waals surface area contributed by atoms with Gasteiger partial charge in [0.1, 0.15) is 11.5 Å². The van der Waals surface area contributed by atoms with Gasteiger partial charge in [0.2, 0.25) is 0 Å². The zero-order valence-electron chi connectivity index (χ0n) is 11.9. The molecule has 0 aromatic heterocycles. The lowest BCUT2D eigenvalue weighted by Gasteiger charge is -2.31. The van der Waals surface area contributed by atoms with Crippen LogP contribution in [0.2, 0.25) is 5.02 Å². The van der Waals surface area contributed by atoms with Crippen molar-refractivity contribution in [1.29, 1.82) is 0 Å². The number of hydrogen-bond acceptors (Lipinski definition) is 4. The summed E-state index contributed by atoms with van der Waals surface area (Å²) >= 11 is 5.71. The number of likely N-dealkylation sites (tertiary alicyclic amines) is 1. The van der Waals surface area contributed by atoms with E-state index in [0.29, 0.717) is 12.5 Å². The van der Waals surface area contributed by atoms with Gasteiger partial charge in [-0.3, -0.25) is 10.1 Å². The molecule has 0 unspecified atom stereocenters. The highest BCUT2D eigenvalue weighted by Gasteiger charge is 2.21. The molecule has 116 valence electrons. The Morgan fingerprint density at radius 3 is 2.71 bits per heavy atom. The number of anilines is 1. The molecular weight excluding hydrogens is 297 g/mol. The summed E-state index contributed by atoms with van der Waals surface area (Å²) < 4.78 is 13.3. The quantitative estimate of drug-likeness (QED) is 0.667. The zero-order valence-corrected chi connectivity index (χ0v) is 12.7. The van der Waals surface area contributed by atoms with Gasteiger partial charge in [-0.15, -0.1) is 0 Å². The molecule has 0 radical (unpaired) electrons. The highest BCUT2D eigenvalue weighted by molar-refractivity contribution is 6.31. The molecule has 2 rings (SSSR count). The molecule has 0 amide bonds. The fourth-order valence-corrected chi connectivity index (χ4v) is 2.75. The predicted molar refractivity (Wildman–Crippen MR) is 81.4 cm³/mol. The van der Waals surface area contributed by atoms with E-state index >= 15 is 0 Å². The molecule has 0 saturated carbocycles. The molecule has 0 aliphatic carbocycles. The van der Waals surface area contributed by atoms with Crippen molar-refractivity contribution in [2.24, 2.45) is 5.92 Å². The number of benzene rings is 1. The summed E-state index contributed by atoms with van der Waals surface area (Å²) in [5, 5.41) is 13.9. The second kappa shape index (κ2) is 7.04. The van der Waals surface area contributed by atoms with Gasteiger partial charge in [0.05, 0.1) is 16.0 Å². The van der Waals surface area contributed by atoms with Crippen LogP contribution in [0.1, 0.15) is 19.8 Å². The number of halogens is 2. The summed E-state index contributed by atoms with van der Waals surface area (Å²) in [7, 11) is 0. The lowest BCUT2D eigenvalue weighted by atomic mass is 9.96. The molecule has 0 spiro atoms. The van der Waals surface area contributed by atoms with Crippen LogP contribution in [0.25, 0.3) is 0 Å². The SMILES string of the molecule is CCN1CCC(CNc2cc(Cl)c(F)cc2[N+](=O)[O-])CC1. The summed E-state index contributed by atoms with van der Waals surface area (Å²) in [6, 6.07) is 2.15. The molecule has 0 atom stereocenters. The van der Waals surface area contributed by atoms with Gasteiger partial charge in [-0.1, -0.05) is 18.5 Å².